The van der Waals surface area contributed by atoms with E-state index in [2.05, 4.69) is 6.58 Å². The van der Waals surface area contributed by atoms with Crippen LogP contribution in [0.3, 0.4) is 0 Å². The summed E-state index contributed by atoms with van der Waals surface area (Å²) in [5, 5.41) is 2.01. The first-order valence-electron chi connectivity index (χ1n) is 11.1. The predicted octanol–water partition coefficient (Wildman–Crippen LogP) is 4.25. The molecule has 0 N–H and O–H groups in total. The molecule has 170 valence electrons. The van der Waals surface area contributed by atoms with Crippen molar-refractivity contribution >= 4 is 38.5 Å². The van der Waals surface area contributed by atoms with Crippen molar-refractivity contribution in [1.82, 2.24) is 9.29 Å². The molecule has 0 bridgehead atoms. The van der Waals surface area contributed by atoms with Gasteiger partial charge in [-0.2, -0.15) is 4.31 Å². The molecule has 0 radical (unpaired) electrons. The van der Waals surface area contributed by atoms with Gasteiger partial charge in [-0.15, -0.1) is 17.9 Å². The molecular weight excluding hydrogens is 442 g/mol. The van der Waals surface area contributed by atoms with Gasteiger partial charge >= 0.3 is 0 Å². The van der Waals surface area contributed by atoms with E-state index in [4.69, 9.17) is 4.98 Å². The summed E-state index contributed by atoms with van der Waals surface area (Å²) in [6.07, 6.45) is 8.71. The molecule has 6 nitrogen and oxygen atoms in total. The summed E-state index contributed by atoms with van der Waals surface area (Å²) >= 11 is 1.62. The van der Waals surface area contributed by atoms with Crippen LogP contribution in [0, 0.1) is 5.92 Å². The summed E-state index contributed by atoms with van der Waals surface area (Å²) in [5.74, 6) is -0.187. The standard InChI is InChI=1S/C24H29N3O3S2/c1-2-15-27(24-25-21-10-6-7-11-22(21)31-24)23(28)20-12-16-26(17-13-20)32(29,30)18-14-19-8-4-3-5-9-19/h2-5,8-9,14,18,20H,1,6-7,10-13,15-17H2/b18-14+. The molecule has 1 saturated heterocycles. The van der Waals surface area contributed by atoms with E-state index >= 15 is 0 Å². The first-order valence-corrected chi connectivity index (χ1v) is 13.4. The molecule has 1 aliphatic heterocycles. The van der Waals surface area contributed by atoms with Crippen molar-refractivity contribution in [2.24, 2.45) is 5.92 Å². The maximum absolute atomic E-state index is 13.3. The van der Waals surface area contributed by atoms with Gasteiger partial charge in [0.25, 0.3) is 0 Å². The minimum absolute atomic E-state index is 0.0212. The maximum Gasteiger partial charge on any atom is 0.236 e. The van der Waals surface area contributed by atoms with Gasteiger partial charge in [0.05, 0.1) is 5.69 Å². The third-order valence-electron chi connectivity index (χ3n) is 6.04. The quantitative estimate of drug-likeness (QED) is 0.566. The lowest BCUT2D eigenvalue weighted by Crippen LogP contribution is -2.44. The van der Waals surface area contributed by atoms with Gasteiger partial charge in [-0.3, -0.25) is 9.69 Å². The molecule has 0 spiro atoms. The van der Waals surface area contributed by atoms with Crippen molar-refractivity contribution in [3.8, 4) is 0 Å². The Balaban J connectivity index is 1.41. The summed E-state index contributed by atoms with van der Waals surface area (Å²) in [5.41, 5.74) is 1.97. The number of thiazole rings is 1. The van der Waals surface area contributed by atoms with E-state index in [-0.39, 0.29) is 11.8 Å². The highest BCUT2D eigenvalue weighted by molar-refractivity contribution is 7.92. The molecule has 2 heterocycles. The molecule has 1 amide bonds. The fourth-order valence-electron chi connectivity index (χ4n) is 4.24. The van der Waals surface area contributed by atoms with Crippen LogP contribution in [-0.4, -0.2) is 43.2 Å². The number of fused-ring (bicyclic) bond motifs is 1. The topological polar surface area (TPSA) is 70.6 Å². The number of nitrogens with zero attached hydrogens (tertiary/aromatic N) is 3. The highest BCUT2D eigenvalue weighted by atomic mass is 32.2. The number of sulfonamides is 1. The maximum atomic E-state index is 13.3. The van der Waals surface area contributed by atoms with Gasteiger partial charge in [0.15, 0.2) is 5.13 Å². The van der Waals surface area contributed by atoms with Gasteiger partial charge in [-0.05, 0) is 50.2 Å². The highest BCUT2D eigenvalue weighted by Gasteiger charge is 2.33. The third kappa shape index (κ3) is 5.19. The smallest absolute Gasteiger partial charge is 0.236 e. The molecule has 4 rings (SSSR count). The summed E-state index contributed by atoms with van der Waals surface area (Å²) < 4.78 is 26.9. The number of aromatic nitrogens is 1. The van der Waals surface area contributed by atoms with Crippen molar-refractivity contribution in [3.63, 3.8) is 0 Å². The van der Waals surface area contributed by atoms with Crippen LogP contribution in [0.25, 0.3) is 6.08 Å². The van der Waals surface area contributed by atoms with Crippen LogP contribution in [0.5, 0.6) is 0 Å². The third-order valence-corrected chi connectivity index (χ3v) is 8.78. The lowest BCUT2D eigenvalue weighted by Gasteiger charge is -2.32. The van der Waals surface area contributed by atoms with Crippen LogP contribution in [-0.2, 0) is 27.7 Å². The van der Waals surface area contributed by atoms with Crippen molar-refractivity contribution in [2.45, 2.75) is 38.5 Å². The Kier molecular flexibility index (Phi) is 7.23. The number of piperidine rings is 1. The number of amides is 1. The van der Waals surface area contributed by atoms with Crippen molar-refractivity contribution in [2.75, 3.05) is 24.5 Å². The Bertz CT molecular complexity index is 1060. The van der Waals surface area contributed by atoms with Crippen LogP contribution in [0.2, 0.25) is 0 Å². The molecule has 8 heteroatoms. The van der Waals surface area contributed by atoms with Crippen molar-refractivity contribution in [1.29, 1.82) is 0 Å². The Hall–Kier alpha value is -2.29. The molecule has 1 fully saturated rings. The van der Waals surface area contributed by atoms with Gasteiger partial charge in [0.2, 0.25) is 15.9 Å². The fraction of sp³-hybridized carbons (Fsp3) is 0.417. The minimum atomic E-state index is -3.51. The second-order valence-corrected chi connectivity index (χ2v) is 11.1. The number of aryl methyl sites for hydroxylation is 2. The zero-order valence-electron chi connectivity index (χ0n) is 18.2. The number of carbonyl (C=O) groups excluding carboxylic acids is 1. The van der Waals surface area contributed by atoms with Gasteiger partial charge in [0.1, 0.15) is 0 Å². The van der Waals surface area contributed by atoms with E-state index < -0.39 is 10.0 Å². The monoisotopic (exact) mass is 471 g/mol. The van der Waals surface area contributed by atoms with Crippen molar-refractivity contribution in [3.05, 3.63) is 64.5 Å². The fourth-order valence-corrected chi connectivity index (χ4v) is 6.62. The largest absolute Gasteiger partial charge is 0.284 e. The SMILES string of the molecule is C=CCN(C(=O)C1CCN(S(=O)(=O)/C=C/c2ccccc2)CC1)c1nc2c(s1)CCCC2. The molecular formula is C24H29N3O3S2. The van der Waals surface area contributed by atoms with E-state index in [1.807, 2.05) is 30.3 Å². The van der Waals surface area contributed by atoms with Crippen LogP contribution < -0.4 is 4.90 Å². The van der Waals surface area contributed by atoms with Gasteiger partial charge in [-0.1, -0.05) is 36.4 Å². The lowest BCUT2D eigenvalue weighted by atomic mass is 9.96. The van der Waals surface area contributed by atoms with E-state index in [9.17, 15) is 13.2 Å². The predicted molar refractivity (Wildman–Crippen MR) is 130 cm³/mol. The molecule has 1 aromatic carbocycles. The molecule has 0 atom stereocenters. The minimum Gasteiger partial charge on any atom is -0.284 e. The van der Waals surface area contributed by atoms with Gasteiger partial charge in [-0.25, -0.2) is 13.4 Å². The average molecular weight is 472 g/mol. The van der Waals surface area contributed by atoms with Crippen molar-refractivity contribution < 1.29 is 13.2 Å². The van der Waals surface area contributed by atoms with Gasteiger partial charge in [0, 0.05) is 35.8 Å². The Morgan fingerprint density at radius 2 is 1.91 bits per heavy atom. The first-order chi connectivity index (χ1) is 15.5. The Morgan fingerprint density at radius 1 is 1.19 bits per heavy atom. The first kappa shape index (κ1) is 22.9. The van der Waals surface area contributed by atoms with E-state index in [0.717, 1.165) is 35.7 Å². The molecule has 0 unspecified atom stereocenters. The van der Waals surface area contributed by atoms with Crippen LogP contribution in [0.1, 0.15) is 41.8 Å². The van der Waals surface area contributed by atoms with Crippen LogP contribution >= 0.6 is 11.3 Å². The zero-order chi connectivity index (χ0) is 22.6. The summed E-state index contributed by atoms with van der Waals surface area (Å²) in [6, 6.07) is 9.36. The van der Waals surface area contributed by atoms with Crippen LogP contribution in [0.15, 0.2) is 48.4 Å². The summed E-state index contributed by atoms with van der Waals surface area (Å²) in [6.45, 7) is 4.92. The highest BCUT2D eigenvalue weighted by Crippen LogP contribution is 2.33. The Labute approximate surface area is 194 Å². The molecule has 2 aliphatic rings. The zero-order valence-corrected chi connectivity index (χ0v) is 19.8. The average Bonchev–Trinajstić information content (AvgIpc) is 3.25. The number of carbonyl (C=O) groups is 1. The lowest BCUT2D eigenvalue weighted by molar-refractivity contribution is -0.123. The van der Waals surface area contributed by atoms with Crippen LogP contribution in [0.4, 0.5) is 5.13 Å². The molecule has 32 heavy (non-hydrogen) atoms. The van der Waals surface area contributed by atoms with E-state index in [1.165, 1.54) is 21.0 Å². The molecule has 0 saturated carbocycles. The molecule has 1 aliphatic carbocycles. The normalized spacial score (nSPS) is 17.9. The number of hydrogen-bond acceptors (Lipinski definition) is 5. The number of benzene rings is 1. The second kappa shape index (κ2) is 10.1. The van der Waals surface area contributed by atoms with E-state index in [0.29, 0.717) is 32.5 Å². The molecule has 2 aromatic rings. The summed E-state index contributed by atoms with van der Waals surface area (Å²) in [7, 11) is -3.51. The van der Waals surface area contributed by atoms with Gasteiger partial charge < -0.3 is 0 Å². The number of hydrogen-bond donors (Lipinski definition) is 0. The number of anilines is 1. The summed E-state index contributed by atoms with van der Waals surface area (Å²) in [4.78, 5) is 21.1. The second-order valence-electron chi connectivity index (χ2n) is 8.24. The molecule has 1 aromatic heterocycles. The Morgan fingerprint density at radius 3 is 2.59 bits per heavy atom. The van der Waals surface area contributed by atoms with E-state index in [1.54, 1.807) is 28.4 Å². The number of rotatable bonds is 7.